The van der Waals surface area contributed by atoms with Crippen molar-refractivity contribution >= 4 is 17.2 Å². The lowest BCUT2D eigenvalue weighted by atomic mass is 10.2. The van der Waals surface area contributed by atoms with Crippen LogP contribution in [0, 0.1) is 0 Å². The first-order valence-electron chi connectivity index (χ1n) is 8.46. The van der Waals surface area contributed by atoms with Gasteiger partial charge >= 0.3 is 0 Å². The molecule has 1 aromatic carbocycles. The molecule has 0 spiro atoms. The molecule has 6 heteroatoms. The summed E-state index contributed by atoms with van der Waals surface area (Å²) in [4.78, 5) is 16.7. The molecule has 1 fully saturated rings. The van der Waals surface area contributed by atoms with Crippen LogP contribution in [0.4, 0.5) is 0 Å². The summed E-state index contributed by atoms with van der Waals surface area (Å²) in [5.74, 6) is 0.758. The Bertz CT molecular complexity index is 663. The highest BCUT2D eigenvalue weighted by molar-refractivity contribution is 7.13. The van der Waals surface area contributed by atoms with E-state index in [0.29, 0.717) is 18.3 Å². The van der Waals surface area contributed by atoms with Crippen LogP contribution in [-0.4, -0.2) is 36.6 Å². The van der Waals surface area contributed by atoms with Gasteiger partial charge in [-0.1, -0.05) is 6.92 Å². The zero-order chi connectivity index (χ0) is 16.8. The van der Waals surface area contributed by atoms with E-state index in [9.17, 15) is 4.79 Å². The number of thiazole rings is 1. The number of aromatic nitrogens is 1. The fourth-order valence-electron chi connectivity index (χ4n) is 2.66. The Kier molecular flexibility index (Phi) is 5.82. The minimum Gasteiger partial charge on any atom is -0.494 e. The standard InChI is InChI=1S/C18H23N3O2S/c1-2-10-23-15-7-5-13(6-8-15)18-21-16(12-24-18)17(22)20-11-14-4-3-9-19-14/h5-8,12,14,19H,2-4,9-11H2,1H3,(H,20,22). The van der Waals surface area contributed by atoms with Gasteiger partial charge in [0.05, 0.1) is 6.61 Å². The van der Waals surface area contributed by atoms with Crippen molar-refractivity contribution < 1.29 is 9.53 Å². The molecule has 1 aromatic heterocycles. The topological polar surface area (TPSA) is 63.2 Å². The van der Waals surface area contributed by atoms with E-state index in [1.54, 1.807) is 0 Å². The second-order valence-corrected chi connectivity index (χ2v) is 6.77. The van der Waals surface area contributed by atoms with Crippen LogP contribution in [0.3, 0.4) is 0 Å². The van der Waals surface area contributed by atoms with Gasteiger partial charge in [-0.25, -0.2) is 4.98 Å². The van der Waals surface area contributed by atoms with Crippen molar-refractivity contribution in [2.75, 3.05) is 19.7 Å². The Hall–Kier alpha value is -1.92. The average Bonchev–Trinajstić information content (AvgIpc) is 3.30. The largest absolute Gasteiger partial charge is 0.494 e. The van der Waals surface area contributed by atoms with E-state index in [1.165, 1.54) is 17.8 Å². The lowest BCUT2D eigenvalue weighted by molar-refractivity contribution is 0.0946. The Balaban J connectivity index is 1.58. The van der Waals surface area contributed by atoms with E-state index in [2.05, 4.69) is 22.5 Å². The first-order valence-corrected chi connectivity index (χ1v) is 9.34. The van der Waals surface area contributed by atoms with Crippen LogP contribution in [-0.2, 0) is 0 Å². The molecular formula is C18H23N3O2S. The van der Waals surface area contributed by atoms with Crippen molar-refractivity contribution in [1.82, 2.24) is 15.6 Å². The molecule has 1 unspecified atom stereocenters. The van der Waals surface area contributed by atoms with Crippen LogP contribution in [0.2, 0.25) is 0 Å². The summed E-state index contributed by atoms with van der Waals surface area (Å²) in [6.45, 7) is 4.50. The van der Waals surface area contributed by atoms with Gasteiger partial charge in [-0.2, -0.15) is 0 Å². The molecule has 1 atom stereocenters. The average molecular weight is 345 g/mol. The molecule has 2 heterocycles. The van der Waals surface area contributed by atoms with E-state index in [1.807, 2.05) is 29.6 Å². The van der Waals surface area contributed by atoms with Crippen molar-refractivity contribution in [1.29, 1.82) is 0 Å². The van der Waals surface area contributed by atoms with E-state index >= 15 is 0 Å². The number of benzene rings is 1. The molecule has 0 radical (unpaired) electrons. The normalized spacial score (nSPS) is 17.0. The van der Waals surface area contributed by atoms with E-state index in [-0.39, 0.29) is 5.91 Å². The Morgan fingerprint density at radius 2 is 2.25 bits per heavy atom. The van der Waals surface area contributed by atoms with Crippen LogP contribution in [0.1, 0.15) is 36.7 Å². The van der Waals surface area contributed by atoms with Gasteiger partial charge in [0.1, 0.15) is 16.5 Å². The van der Waals surface area contributed by atoms with E-state index in [4.69, 9.17) is 4.74 Å². The molecular weight excluding hydrogens is 322 g/mol. The van der Waals surface area contributed by atoms with Gasteiger partial charge in [0, 0.05) is 23.5 Å². The van der Waals surface area contributed by atoms with Crippen molar-refractivity contribution in [3.8, 4) is 16.3 Å². The van der Waals surface area contributed by atoms with Crippen molar-refractivity contribution in [3.05, 3.63) is 35.3 Å². The number of carbonyl (C=O) groups is 1. The van der Waals surface area contributed by atoms with Crippen LogP contribution in [0.25, 0.3) is 10.6 Å². The monoisotopic (exact) mass is 345 g/mol. The van der Waals surface area contributed by atoms with Gasteiger partial charge in [-0.05, 0) is 50.1 Å². The summed E-state index contributed by atoms with van der Waals surface area (Å²) >= 11 is 1.48. The first-order chi connectivity index (χ1) is 11.8. The fourth-order valence-corrected chi connectivity index (χ4v) is 3.47. The third kappa shape index (κ3) is 4.33. The van der Waals surface area contributed by atoms with Crippen LogP contribution in [0.5, 0.6) is 5.75 Å². The van der Waals surface area contributed by atoms with Crippen LogP contribution < -0.4 is 15.4 Å². The SMILES string of the molecule is CCCOc1ccc(-c2nc(C(=O)NCC3CCCN3)cs2)cc1. The molecule has 24 heavy (non-hydrogen) atoms. The second kappa shape index (κ2) is 8.26. The zero-order valence-electron chi connectivity index (χ0n) is 13.9. The maximum Gasteiger partial charge on any atom is 0.270 e. The number of amides is 1. The molecule has 0 aliphatic carbocycles. The third-order valence-corrected chi connectivity index (χ3v) is 4.87. The van der Waals surface area contributed by atoms with Gasteiger partial charge in [0.25, 0.3) is 5.91 Å². The van der Waals surface area contributed by atoms with Gasteiger partial charge in [0.15, 0.2) is 0 Å². The van der Waals surface area contributed by atoms with Gasteiger partial charge < -0.3 is 15.4 Å². The van der Waals surface area contributed by atoms with E-state index in [0.717, 1.165) is 42.3 Å². The number of hydrogen-bond acceptors (Lipinski definition) is 5. The molecule has 1 saturated heterocycles. The quantitative estimate of drug-likeness (QED) is 0.809. The van der Waals surface area contributed by atoms with Gasteiger partial charge in [-0.15, -0.1) is 11.3 Å². The highest BCUT2D eigenvalue weighted by Gasteiger charge is 2.17. The van der Waals surface area contributed by atoms with E-state index < -0.39 is 0 Å². The summed E-state index contributed by atoms with van der Waals surface area (Å²) in [5, 5.41) is 8.99. The Labute approximate surface area is 146 Å². The predicted molar refractivity (Wildman–Crippen MR) is 96.7 cm³/mol. The lowest BCUT2D eigenvalue weighted by Gasteiger charge is -2.10. The summed E-state index contributed by atoms with van der Waals surface area (Å²) in [5.41, 5.74) is 1.49. The highest BCUT2D eigenvalue weighted by atomic mass is 32.1. The first kappa shape index (κ1) is 16.9. The predicted octanol–water partition coefficient (Wildman–Crippen LogP) is 3.08. The maximum atomic E-state index is 12.2. The Morgan fingerprint density at radius 3 is 2.96 bits per heavy atom. The van der Waals surface area contributed by atoms with Crippen LogP contribution >= 0.6 is 11.3 Å². The van der Waals surface area contributed by atoms with Crippen molar-refractivity contribution in [2.24, 2.45) is 0 Å². The fraction of sp³-hybridized carbons (Fsp3) is 0.444. The number of nitrogens with one attached hydrogen (secondary N) is 2. The minimum absolute atomic E-state index is 0.103. The Morgan fingerprint density at radius 1 is 1.42 bits per heavy atom. The van der Waals surface area contributed by atoms with Crippen LogP contribution in [0.15, 0.2) is 29.6 Å². The summed E-state index contributed by atoms with van der Waals surface area (Å²) < 4.78 is 5.58. The number of carbonyl (C=O) groups excluding carboxylic acids is 1. The summed E-state index contributed by atoms with van der Waals surface area (Å²) in [6, 6.07) is 8.24. The smallest absolute Gasteiger partial charge is 0.270 e. The molecule has 2 N–H and O–H groups in total. The number of nitrogens with zero attached hydrogens (tertiary/aromatic N) is 1. The number of hydrogen-bond donors (Lipinski definition) is 2. The number of ether oxygens (including phenoxy) is 1. The summed E-state index contributed by atoms with van der Waals surface area (Å²) in [6.07, 6.45) is 3.29. The highest BCUT2D eigenvalue weighted by Crippen LogP contribution is 2.25. The van der Waals surface area contributed by atoms with Crippen molar-refractivity contribution in [3.63, 3.8) is 0 Å². The molecule has 2 aromatic rings. The van der Waals surface area contributed by atoms with Gasteiger partial charge in [0.2, 0.25) is 0 Å². The third-order valence-electron chi connectivity index (χ3n) is 3.98. The molecule has 1 amide bonds. The van der Waals surface area contributed by atoms with Gasteiger partial charge in [-0.3, -0.25) is 4.79 Å². The summed E-state index contributed by atoms with van der Waals surface area (Å²) in [7, 11) is 0. The molecule has 5 nitrogen and oxygen atoms in total. The molecule has 3 rings (SSSR count). The molecule has 1 aliphatic heterocycles. The number of rotatable bonds is 7. The molecule has 0 bridgehead atoms. The maximum absolute atomic E-state index is 12.2. The second-order valence-electron chi connectivity index (χ2n) is 5.91. The minimum atomic E-state index is -0.103. The lowest BCUT2D eigenvalue weighted by Crippen LogP contribution is -2.37. The molecule has 128 valence electrons. The zero-order valence-corrected chi connectivity index (χ0v) is 14.7. The molecule has 1 aliphatic rings. The van der Waals surface area contributed by atoms with Crippen molar-refractivity contribution in [2.45, 2.75) is 32.2 Å². The molecule has 0 saturated carbocycles.